The number of aromatic hydroxyl groups is 1. The van der Waals surface area contributed by atoms with E-state index >= 15 is 0 Å². The first kappa shape index (κ1) is 10.2. The summed E-state index contributed by atoms with van der Waals surface area (Å²) in [5, 5.41) is 22.9. The third kappa shape index (κ3) is 1.55. The van der Waals surface area contributed by atoms with Gasteiger partial charge in [-0.15, -0.1) is 10.2 Å². The van der Waals surface area contributed by atoms with Crippen molar-refractivity contribution in [2.75, 3.05) is 0 Å². The highest BCUT2D eigenvalue weighted by molar-refractivity contribution is 7.19. The van der Waals surface area contributed by atoms with Crippen LogP contribution in [0.1, 0.15) is 12.7 Å². The summed E-state index contributed by atoms with van der Waals surface area (Å²) < 4.78 is 1.71. The number of pyridine rings is 1. The predicted molar refractivity (Wildman–Crippen MR) is 62.9 cm³/mol. The zero-order chi connectivity index (χ0) is 11.8. The molecule has 0 atom stereocenters. The molecule has 6 nitrogen and oxygen atoms in total. The average molecular weight is 247 g/mol. The van der Waals surface area contributed by atoms with E-state index in [0.717, 1.165) is 17.2 Å². The Morgan fingerprint density at radius 2 is 2.29 bits per heavy atom. The maximum absolute atomic E-state index is 9.71. The van der Waals surface area contributed by atoms with Crippen LogP contribution in [0.15, 0.2) is 18.5 Å². The van der Waals surface area contributed by atoms with Crippen molar-refractivity contribution >= 4 is 16.3 Å². The van der Waals surface area contributed by atoms with E-state index in [1.165, 1.54) is 17.5 Å². The number of aryl methyl sites for hydroxylation is 1. The fourth-order valence-electron chi connectivity index (χ4n) is 1.55. The lowest BCUT2D eigenvalue weighted by atomic mass is 10.2. The van der Waals surface area contributed by atoms with Crippen molar-refractivity contribution in [3.63, 3.8) is 0 Å². The van der Waals surface area contributed by atoms with E-state index in [1.54, 1.807) is 16.8 Å². The highest BCUT2D eigenvalue weighted by Crippen LogP contribution is 2.31. The average Bonchev–Trinajstić information content (AvgIpc) is 2.88. The van der Waals surface area contributed by atoms with Gasteiger partial charge in [0.05, 0.1) is 11.8 Å². The van der Waals surface area contributed by atoms with E-state index in [-0.39, 0.29) is 5.75 Å². The van der Waals surface area contributed by atoms with E-state index < -0.39 is 0 Å². The summed E-state index contributed by atoms with van der Waals surface area (Å²) in [6.07, 6.45) is 3.79. The molecule has 0 aliphatic carbocycles. The van der Waals surface area contributed by atoms with Gasteiger partial charge in [-0.2, -0.15) is 9.61 Å². The van der Waals surface area contributed by atoms with E-state index in [1.807, 2.05) is 6.92 Å². The molecule has 0 aliphatic rings. The maximum Gasteiger partial charge on any atom is 0.234 e. The van der Waals surface area contributed by atoms with Crippen molar-refractivity contribution in [2.45, 2.75) is 13.3 Å². The number of hydrogen-bond donors (Lipinski definition) is 1. The topological polar surface area (TPSA) is 76.2 Å². The first-order valence-corrected chi connectivity index (χ1v) is 5.95. The van der Waals surface area contributed by atoms with Gasteiger partial charge in [-0.3, -0.25) is 4.98 Å². The first-order valence-electron chi connectivity index (χ1n) is 5.14. The Balaban J connectivity index is 2.19. The minimum atomic E-state index is 0.121. The highest BCUT2D eigenvalue weighted by Gasteiger charge is 2.13. The summed E-state index contributed by atoms with van der Waals surface area (Å²) in [6.45, 7) is 2.00. The zero-order valence-electron chi connectivity index (χ0n) is 9.03. The van der Waals surface area contributed by atoms with Gasteiger partial charge in [0.2, 0.25) is 4.96 Å². The molecule has 0 spiro atoms. The van der Waals surface area contributed by atoms with Crippen LogP contribution in [-0.4, -0.2) is 29.9 Å². The molecule has 3 heterocycles. The van der Waals surface area contributed by atoms with Crippen molar-refractivity contribution in [1.82, 2.24) is 24.8 Å². The van der Waals surface area contributed by atoms with Crippen LogP contribution in [-0.2, 0) is 6.42 Å². The number of aromatic nitrogens is 5. The number of hydrogen-bond acceptors (Lipinski definition) is 6. The van der Waals surface area contributed by atoms with Crippen LogP contribution in [0.5, 0.6) is 5.75 Å². The summed E-state index contributed by atoms with van der Waals surface area (Å²) in [5.74, 6) is 0.937. The molecule has 0 bridgehead atoms. The van der Waals surface area contributed by atoms with E-state index in [9.17, 15) is 5.11 Å². The predicted octanol–water partition coefficient (Wildman–Crippen LogP) is 1.52. The second-order valence-corrected chi connectivity index (χ2v) is 4.42. The minimum absolute atomic E-state index is 0.121. The van der Waals surface area contributed by atoms with Crippen LogP contribution in [0.25, 0.3) is 15.5 Å². The van der Waals surface area contributed by atoms with Gasteiger partial charge in [0.15, 0.2) is 10.8 Å². The molecule has 0 saturated carbocycles. The van der Waals surface area contributed by atoms with Gasteiger partial charge in [0, 0.05) is 12.6 Å². The van der Waals surface area contributed by atoms with Crippen molar-refractivity contribution in [2.24, 2.45) is 0 Å². The molecule has 3 rings (SSSR count). The Kier molecular flexibility index (Phi) is 2.25. The smallest absolute Gasteiger partial charge is 0.234 e. The molecule has 0 saturated heterocycles. The van der Waals surface area contributed by atoms with Crippen molar-refractivity contribution in [3.05, 3.63) is 24.3 Å². The molecule has 0 unspecified atom stereocenters. The fraction of sp³-hybridized carbons (Fsp3) is 0.200. The van der Waals surface area contributed by atoms with Gasteiger partial charge in [-0.1, -0.05) is 18.3 Å². The molecule has 3 aromatic heterocycles. The Bertz CT molecular complexity index is 674. The monoisotopic (exact) mass is 247 g/mol. The molecule has 0 aliphatic heterocycles. The molecule has 0 aromatic carbocycles. The Morgan fingerprint density at radius 3 is 3.06 bits per heavy atom. The number of fused-ring (bicyclic) bond motifs is 1. The molecule has 17 heavy (non-hydrogen) atoms. The molecule has 86 valence electrons. The van der Waals surface area contributed by atoms with Crippen LogP contribution < -0.4 is 0 Å². The molecule has 0 fully saturated rings. The Labute approximate surface area is 101 Å². The van der Waals surface area contributed by atoms with E-state index in [4.69, 9.17) is 0 Å². The number of nitrogens with zero attached hydrogens (tertiary/aromatic N) is 5. The fourth-order valence-corrected chi connectivity index (χ4v) is 2.45. The maximum atomic E-state index is 9.71. The van der Waals surface area contributed by atoms with E-state index in [0.29, 0.717) is 10.6 Å². The van der Waals surface area contributed by atoms with Crippen LogP contribution in [0.2, 0.25) is 0 Å². The summed E-state index contributed by atoms with van der Waals surface area (Å²) in [4.78, 5) is 4.57. The zero-order valence-corrected chi connectivity index (χ0v) is 9.85. The number of rotatable bonds is 2. The standard InChI is InChI=1S/C10H9N5OS/c1-2-8-12-13-10-15(8)14-9(17-10)6-3-4-11-5-7(6)16/h3-5,16H,2H2,1H3. The second-order valence-electron chi connectivity index (χ2n) is 3.46. The third-order valence-corrected chi connectivity index (χ3v) is 3.33. The van der Waals surface area contributed by atoms with E-state index in [2.05, 4.69) is 20.3 Å². The lowest BCUT2D eigenvalue weighted by Crippen LogP contribution is -1.93. The van der Waals surface area contributed by atoms with Gasteiger partial charge in [0.1, 0.15) is 5.75 Å². The van der Waals surface area contributed by atoms with Crippen LogP contribution in [0.3, 0.4) is 0 Å². The molecule has 3 aromatic rings. The molecular weight excluding hydrogens is 238 g/mol. The summed E-state index contributed by atoms with van der Waals surface area (Å²) in [5.41, 5.74) is 0.664. The summed E-state index contributed by atoms with van der Waals surface area (Å²) in [7, 11) is 0. The largest absolute Gasteiger partial charge is 0.506 e. The highest BCUT2D eigenvalue weighted by atomic mass is 32.1. The quantitative estimate of drug-likeness (QED) is 0.743. The molecule has 1 N–H and O–H groups in total. The third-order valence-electron chi connectivity index (χ3n) is 2.40. The molecule has 7 heteroatoms. The van der Waals surface area contributed by atoms with Gasteiger partial charge < -0.3 is 5.11 Å². The molecular formula is C10H9N5OS. The van der Waals surface area contributed by atoms with Crippen molar-refractivity contribution in [1.29, 1.82) is 0 Å². The van der Waals surface area contributed by atoms with Gasteiger partial charge in [-0.05, 0) is 6.07 Å². The van der Waals surface area contributed by atoms with Gasteiger partial charge >= 0.3 is 0 Å². The van der Waals surface area contributed by atoms with Crippen LogP contribution in [0.4, 0.5) is 0 Å². The lowest BCUT2D eigenvalue weighted by Gasteiger charge is -1.97. The SMILES string of the molecule is CCc1nnc2sc(-c3ccncc3O)nn12. The minimum Gasteiger partial charge on any atom is -0.506 e. The van der Waals surface area contributed by atoms with Crippen molar-refractivity contribution < 1.29 is 5.11 Å². The van der Waals surface area contributed by atoms with Crippen LogP contribution in [0, 0.1) is 0 Å². The van der Waals surface area contributed by atoms with Crippen molar-refractivity contribution in [3.8, 4) is 16.3 Å². The first-order chi connectivity index (χ1) is 8.29. The normalized spacial score (nSPS) is 11.1. The summed E-state index contributed by atoms with van der Waals surface area (Å²) in [6, 6.07) is 1.73. The Morgan fingerprint density at radius 1 is 1.41 bits per heavy atom. The summed E-state index contributed by atoms with van der Waals surface area (Å²) >= 11 is 1.39. The van der Waals surface area contributed by atoms with Crippen LogP contribution >= 0.6 is 11.3 Å². The Hall–Kier alpha value is -2.02. The lowest BCUT2D eigenvalue weighted by molar-refractivity contribution is 0.474. The molecule has 0 amide bonds. The van der Waals surface area contributed by atoms with Gasteiger partial charge in [0.25, 0.3) is 0 Å². The van der Waals surface area contributed by atoms with Gasteiger partial charge in [-0.25, -0.2) is 0 Å². The second kappa shape index (κ2) is 3.77. The molecule has 0 radical (unpaired) electrons.